The first-order valence-electron chi connectivity index (χ1n) is 27.2. The molecule has 406 valence electrons. The van der Waals surface area contributed by atoms with E-state index in [1.54, 1.807) is 19.4 Å². The lowest BCUT2D eigenvalue weighted by Gasteiger charge is -2.41. The van der Waals surface area contributed by atoms with Crippen LogP contribution < -0.4 is 31.9 Å². The molecule has 6 N–H and O–H groups in total. The number of unbranched alkanes of at least 4 members (excludes halogenated alkanes) is 8. The molecule has 0 bridgehead atoms. The second-order valence-electron chi connectivity index (χ2n) is 20.6. The molecule has 0 saturated carbocycles. The number of likely N-dealkylation sites (tertiary alicyclic amines) is 1. The van der Waals surface area contributed by atoms with Crippen LogP contribution in [0, 0.1) is 5.82 Å². The van der Waals surface area contributed by atoms with Gasteiger partial charge in [0, 0.05) is 100 Å². The molecule has 2 aromatic heterocycles. The zero-order valence-corrected chi connectivity index (χ0v) is 45.5. The Hall–Kier alpha value is -6.62. The molecule has 3 aliphatic rings. The molecule has 16 nitrogen and oxygen atoms in total. The lowest BCUT2D eigenvalue weighted by molar-refractivity contribution is -0.149. The van der Waals surface area contributed by atoms with Crippen LogP contribution in [0.25, 0.3) is 5.82 Å². The second kappa shape index (κ2) is 28.9. The summed E-state index contributed by atoms with van der Waals surface area (Å²) < 4.78 is 20.9. The summed E-state index contributed by atoms with van der Waals surface area (Å²) in [6.07, 6.45) is 21.9. The van der Waals surface area contributed by atoms with Gasteiger partial charge in [-0.1, -0.05) is 56.7 Å². The van der Waals surface area contributed by atoms with Crippen molar-refractivity contribution < 1.29 is 28.3 Å². The van der Waals surface area contributed by atoms with Gasteiger partial charge in [-0.05, 0) is 133 Å². The number of allylic oxidation sites excluding steroid dienone is 5. The van der Waals surface area contributed by atoms with Crippen LogP contribution >= 0.6 is 0 Å². The first-order chi connectivity index (χ1) is 36.1. The van der Waals surface area contributed by atoms with E-state index in [0.717, 1.165) is 115 Å². The van der Waals surface area contributed by atoms with Crippen molar-refractivity contribution >= 4 is 35.0 Å². The number of aliphatic imine (C=N–C) groups is 1. The largest absolute Gasteiger partial charge is 0.385 e. The van der Waals surface area contributed by atoms with Crippen molar-refractivity contribution in [3.05, 3.63) is 118 Å². The van der Waals surface area contributed by atoms with Crippen LogP contribution in [-0.4, -0.2) is 94.4 Å². The van der Waals surface area contributed by atoms with Crippen molar-refractivity contribution in [2.75, 3.05) is 45.2 Å². The van der Waals surface area contributed by atoms with Gasteiger partial charge in [0.1, 0.15) is 11.4 Å². The van der Waals surface area contributed by atoms with E-state index >= 15 is 0 Å². The number of imide groups is 1. The number of rotatable bonds is 28. The third kappa shape index (κ3) is 17.8. The van der Waals surface area contributed by atoms with E-state index in [4.69, 9.17) is 9.73 Å². The zero-order chi connectivity index (χ0) is 53.7. The van der Waals surface area contributed by atoms with Crippen molar-refractivity contribution in [1.82, 2.24) is 46.2 Å². The summed E-state index contributed by atoms with van der Waals surface area (Å²) in [5.74, 6) is 0.140. The van der Waals surface area contributed by atoms with E-state index in [-0.39, 0.29) is 35.6 Å². The summed E-state index contributed by atoms with van der Waals surface area (Å²) in [7, 11) is 1.60. The number of hydrogen-bond acceptors (Lipinski definition) is 12. The summed E-state index contributed by atoms with van der Waals surface area (Å²) in [6, 6.07) is 11.2. The molecule has 0 radical (unpaired) electrons. The average Bonchev–Trinajstić information content (AvgIpc) is 3.84. The Balaban J connectivity index is 0.915. The van der Waals surface area contributed by atoms with Gasteiger partial charge in [-0.15, -0.1) is 0 Å². The highest BCUT2D eigenvalue weighted by molar-refractivity contribution is 6.01. The minimum atomic E-state index is -1.02. The number of aromatic nitrogens is 3. The van der Waals surface area contributed by atoms with Gasteiger partial charge in [0.2, 0.25) is 17.7 Å². The van der Waals surface area contributed by atoms with Crippen molar-refractivity contribution in [3.63, 3.8) is 0 Å². The number of ether oxygens (including phenoxy) is 1. The normalized spacial score (nSPS) is 17.4. The molecule has 3 aliphatic heterocycles. The number of methoxy groups -OCH3 is 1. The van der Waals surface area contributed by atoms with Crippen molar-refractivity contribution in [1.29, 1.82) is 0 Å². The summed E-state index contributed by atoms with van der Waals surface area (Å²) in [6.45, 7) is 15.8. The van der Waals surface area contributed by atoms with Crippen LogP contribution in [0.15, 0.2) is 106 Å². The number of carbonyl (C=O) groups excluding carboxylic acids is 4. The molecule has 2 saturated heterocycles. The van der Waals surface area contributed by atoms with Crippen LogP contribution in [0.4, 0.5) is 10.1 Å². The minimum absolute atomic E-state index is 0.0878. The van der Waals surface area contributed by atoms with E-state index in [1.165, 1.54) is 35.7 Å². The Morgan fingerprint density at radius 2 is 1.67 bits per heavy atom. The highest BCUT2D eigenvalue weighted by Crippen LogP contribution is 2.31. The number of piperidine rings is 2. The first kappa shape index (κ1) is 57.7. The SMILES string of the molecule is COC1(C(=O)N[C@@H](C)c2ccc(-n3cc(F)cn3)nc2)CCN(C(/N=C(\C=C(/C)NC2=C(C)CNC(C)=C2)CCCCC(=O)NCCCCCCCCCCNc2cccc(C3CCC(=O)NC3=O)c2)=C(C)C)CC1. The molecule has 6 rings (SSSR count). The maximum atomic E-state index is 13.9. The highest BCUT2D eigenvalue weighted by atomic mass is 19.1. The summed E-state index contributed by atoms with van der Waals surface area (Å²) in [5, 5.41) is 23.2. The van der Waals surface area contributed by atoms with Crippen LogP contribution in [-0.2, 0) is 23.9 Å². The van der Waals surface area contributed by atoms with Crippen LogP contribution in [0.5, 0.6) is 0 Å². The standard InChI is InChI=1S/C58H82FN11O5/c1-40(2)55(69-31-27-58(75-7,28-32-69)57(74)66-44(6)46-23-25-52(63-37-46)70-39-47(59)38-64-70)67-49(33-43(5)65-51-34-42(4)62-36-41(51)3)20-14-15-22-53(71)61-30-17-13-11-9-8-10-12-16-29-60-48-21-18-19-45(35-48)50-24-26-54(72)68-56(50)73/h18-19,21,23,25,33-35,37-39,44,50,60,62,65H,8-17,20,22,24,26-32,36H2,1-7H3,(H,61,71)(H,66,74)(H,68,72,73)/b43-33+,67-49-/t44-,50?/m0/s1. The first-order valence-corrected chi connectivity index (χ1v) is 27.2. The fourth-order valence-corrected chi connectivity index (χ4v) is 9.75. The maximum Gasteiger partial charge on any atom is 0.252 e. The molecule has 1 aromatic carbocycles. The number of anilines is 1. The molecule has 3 aromatic rings. The second-order valence-corrected chi connectivity index (χ2v) is 20.6. The van der Waals surface area contributed by atoms with Crippen LogP contribution in [0.3, 0.4) is 0 Å². The Bertz CT molecular complexity index is 2570. The highest BCUT2D eigenvalue weighted by Gasteiger charge is 2.43. The molecule has 2 fully saturated rings. The summed E-state index contributed by atoms with van der Waals surface area (Å²) in [4.78, 5) is 62.7. The Labute approximate surface area is 444 Å². The van der Waals surface area contributed by atoms with Gasteiger partial charge < -0.3 is 36.2 Å². The van der Waals surface area contributed by atoms with Gasteiger partial charge >= 0.3 is 0 Å². The number of amides is 4. The van der Waals surface area contributed by atoms with Gasteiger partial charge in [0.15, 0.2) is 11.6 Å². The topological polar surface area (TPSA) is 196 Å². The molecular weight excluding hydrogens is 950 g/mol. The van der Waals surface area contributed by atoms with Gasteiger partial charge in [-0.2, -0.15) is 5.10 Å². The number of dihydropyridines is 1. The molecule has 2 atom stereocenters. The predicted molar refractivity (Wildman–Crippen MR) is 294 cm³/mol. The van der Waals surface area contributed by atoms with E-state index < -0.39 is 11.4 Å². The van der Waals surface area contributed by atoms with Crippen molar-refractivity contribution in [2.45, 2.75) is 162 Å². The number of halogens is 1. The smallest absolute Gasteiger partial charge is 0.252 e. The molecule has 0 aliphatic carbocycles. The van der Waals surface area contributed by atoms with Crippen molar-refractivity contribution in [3.8, 4) is 5.82 Å². The van der Waals surface area contributed by atoms with Gasteiger partial charge in [0.05, 0.1) is 24.4 Å². The number of nitrogens with one attached hydrogen (secondary N) is 6. The van der Waals surface area contributed by atoms with E-state index in [9.17, 15) is 23.6 Å². The van der Waals surface area contributed by atoms with Gasteiger partial charge in [-0.25, -0.2) is 19.0 Å². The number of nitrogens with zero attached hydrogens (tertiary/aromatic N) is 5. The molecule has 1 unspecified atom stereocenters. The molecule has 0 spiro atoms. The summed E-state index contributed by atoms with van der Waals surface area (Å²) in [5.41, 5.74) is 8.10. The monoisotopic (exact) mass is 1030 g/mol. The quantitative estimate of drug-likeness (QED) is 0.0230. The number of benzene rings is 1. The van der Waals surface area contributed by atoms with Crippen LogP contribution in [0.2, 0.25) is 0 Å². The lowest BCUT2D eigenvalue weighted by atomic mass is 9.89. The third-order valence-corrected chi connectivity index (χ3v) is 14.3. The number of pyridine rings is 1. The number of carbonyl (C=O) groups is 4. The molecular formula is C58H82FN11O5. The van der Waals surface area contributed by atoms with E-state index in [0.29, 0.717) is 64.0 Å². The Kier molecular flexibility index (Phi) is 22.2. The predicted octanol–water partition coefficient (Wildman–Crippen LogP) is 9.46. The maximum absolute atomic E-state index is 13.9. The van der Waals surface area contributed by atoms with Crippen molar-refractivity contribution in [2.24, 2.45) is 4.99 Å². The van der Waals surface area contributed by atoms with E-state index in [2.05, 4.69) is 93.7 Å². The number of hydrogen-bond donors (Lipinski definition) is 6. The lowest BCUT2D eigenvalue weighted by Crippen LogP contribution is -2.55. The van der Waals surface area contributed by atoms with Gasteiger partial charge in [-0.3, -0.25) is 24.5 Å². The molecule has 17 heteroatoms. The zero-order valence-electron chi connectivity index (χ0n) is 45.5. The average molecular weight is 1030 g/mol. The molecule has 75 heavy (non-hydrogen) atoms. The Morgan fingerprint density at radius 1 is 0.947 bits per heavy atom. The molecule has 5 heterocycles. The fraction of sp³-hybridized carbons (Fsp3) is 0.534. The van der Waals surface area contributed by atoms with Gasteiger partial charge in [0.25, 0.3) is 5.91 Å². The Morgan fingerprint density at radius 3 is 2.33 bits per heavy atom. The van der Waals surface area contributed by atoms with E-state index in [1.807, 2.05) is 37.3 Å². The molecule has 4 amide bonds. The summed E-state index contributed by atoms with van der Waals surface area (Å²) >= 11 is 0. The van der Waals surface area contributed by atoms with Crippen LogP contribution in [0.1, 0.15) is 167 Å². The fourth-order valence-electron chi connectivity index (χ4n) is 9.75. The third-order valence-electron chi connectivity index (χ3n) is 14.3. The minimum Gasteiger partial charge on any atom is -0.385 e.